The Morgan fingerprint density at radius 1 is 1.38 bits per heavy atom. The van der Waals surface area contributed by atoms with Gasteiger partial charge in [0.15, 0.2) is 13.1 Å². The van der Waals surface area contributed by atoms with Crippen molar-refractivity contribution < 1.29 is 4.58 Å². The van der Waals surface area contributed by atoms with Crippen LogP contribution in [0.25, 0.3) is 0 Å². The highest BCUT2D eigenvalue weighted by atomic mass is 35.5. The Labute approximate surface area is 54.2 Å². The van der Waals surface area contributed by atoms with Crippen molar-refractivity contribution in [1.82, 2.24) is 5.32 Å². The molecule has 1 aliphatic rings. The fourth-order valence-electron chi connectivity index (χ4n) is 0.780. The van der Waals surface area contributed by atoms with Gasteiger partial charge in [0, 0.05) is 0 Å². The lowest BCUT2D eigenvalue weighted by Crippen LogP contribution is -2.37. The Bertz CT molecular complexity index is 92.6. The van der Waals surface area contributed by atoms with Gasteiger partial charge < -0.3 is 5.32 Å². The van der Waals surface area contributed by atoms with Gasteiger partial charge in [-0.2, -0.15) is 0 Å². The molecule has 3 heteroatoms. The average molecular weight is 134 g/mol. The summed E-state index contributed by atoms with van der Waals surface area (Å²) in [5.41, 5.74) is 1.63. The molecule has 2 nitrogen and oxygen atoms in total. The maximum absolute atomic E-state index is 5.45. The van der Waals surface area contributed by atoms with Crippen LogP contribution in [0.3, 0.4) is 0 Å². The molecule has 0 spiro atoms. The molecule has 0 saturated carbocycles. The molecule has 0 unspecified atom stereocenters. The fourth-order valence-corrected chi connectivity index (χ4v) is 0.975. The molecule has 0 amide bonds. The summed E-state index contributed by atoms with van der Waals surface area (Å²) >= 11 is 5.45. The second-order valence-electron chi connectivity index (χ2n) is 1.88. The van der Waals surface area contributed by atoms with E-state index in [1.165, 1.54) is 0 Å². The molecule has 0 aromatic carbocycles. The maximum Gasteiger partial charge on any atom is 0.232 e. The van der Waals surface area contributed by atoms with Crippen molar-refractivity contribution in [1.29, 1.82) is 0 Å². The van der Waals surface area contributed by atoms with Crippen molar-refractivity contribution in [2.24, 2.45) is 0 Å². The summed E-state index contributed by atoms with van der Waals surface area (Å²) in [5.74, 6) is 0. The van der Waals surface area contributed by atoms with Crippen LogP contribution in [0, 0.1) is 0 Å². The van der Waals surface area contributed by atoms with Gasteiger partial charge in [0.25, 0.3) is 0 Å². The summed E-state index contributed by atoms with van der Waals surface area (Å²) in [7, 11) is 0. The molecule has 1 heterocycles. The van der Waals surface area contributed by atoms with Crippen molar-refractivity contribution in [3.05, 3.63) is 0 Å². The van der Waals surface area contributed by atoms with Crippen LogP contribution in [0.5, 0.6) is 0 Å². The van der Waals surface area contributed by atoms with E-state index in [0.717, 1.165) is 26.2 Å². The summed E-state index contributed by atoms with van der Waals surface area (Å²) in [6.45, 7) is 4.21. The monoisotopic (exact) mass is 133 g/mol. The number of nitrogens with zero attached hydrogens (tertiary/aromatic N) is 1. The summed E-state index contributed by atoms with van der Waals surface area (Å²) in [5, 5.41) is 3.23. The molecule has 0 radical (unpaired) electrons. The Morgan fingerprint density at radius 2 is 2.00 bits per heavy atom. The molecular formula is C5H10ClN2+. The summed E-state index contributed by atoms with van der Waals surface area (Å²) in [4.78, 5) is 0. The van der Waals surface area contributed by atoms with E-state index < -0.39 is 0 Å². The van der Waals surface area contributed by atoms with Gasteiger partial charge in [0.05, 0.1) is 13.1 Å². The van der Waals surface area contributed by atoms with Gasteiger partial charge in [0.1, 0.15) is 0 Å². The van der Waals surface area contributed by atoms with Crippen LogP contribution in [0.15, 0.2) is 0 Å². The molecule has 0 aliphatic carbocycles. The lowest BCUT2D eigenvalue weighted by molar-refractivity contribution is -0.525. The molecule has 1 N–H and O–H groups in total. The number of nitrogens with one attached hydrogen (secondary N) is 1. The Morgan fingerprint density at radius 3 is 2.38 bits per heavy atom. The summed E-state index contributed by atoms with van der Waals surface area (Å²) in [6, 6.07) is 0. The van der Waals surface area contributed by atoms with Crippen LogP contribution in [0.2, 0.25) is 0 Å². The standard InChI is InChI=1S/C5H10ClN2/c6-5-8-3-1-7-2-4-8/h5,7H,1-4H2/q+1. The van der Waals surface area contributed by atoms with E-state index in [-0.39, 0.29) is 0 Å². The number of hydrogen-bond donors (Lipinski definition) is 1. The zero-order chi connectivity index (χ0) is 5.82. The molecule has 8 heavy (non-hydrogen) atoms. The lowest BCUT2D eigenvalue weighted by Gasteiger charge is -2.08. The van der Waals surface area contributed by atoms with E-state index in [2.05, 4.69) is 9.89 Å². The highest BCUT2D eigenvalue weighted by molar-refractivity contribution is 6.54. The Balaban J connectivity index is 2.33. The first-order valence-corrected chi connectivity index (χ1v) is 3.25. The maximum atomic E-state index is 5.45. The average Bonchev–Trinajstić information content (AvgIpc) is 1.90. The third-order valence-corrected chi connectivity index (χ3v) is 1.57. The van der Waals surface area contributed by atoms with E-state index in [9.17, 15) is 0 Å². The van der Waals surface area contributed by atoms with Gasteiger partial charge in [-0.15, -0.1) is 0 Å². The topological polar surface area (TPSA) is 15.0 Å². The third-order valence-electron chi connectivity index (χ3n) is 1.29. The Hall–Kier alpha value is -0.0800. The molecule has 0 bridgehead atoms. The SMILES string of the molecule is ClC=[N+]1CCNCC1. The van der Waals surface area contributed by atoms with E-state index in [0.29, 0.717) is 0 Å². The molecule has 1 rings (SSSR count). The van der Waals surface area contributed by atoms with E-state index in [4.69, 9.17) is 11.6 Å². The largest absolute Gasteiger partial charge is 0.305 e. The molecule has 1 aliphatic heterocycles. The molecule has 46 valence electrons. The first kappa shape index (κ1) is 6.05. The van der Waals surface area contributed by atoms with Crippen LogP contribution in [-0.2, 0) is 0 Å². The number of hydrogen-bond acceptors (Lipinski definition) is 1. The van der Waals surface area contributed by atoms with Crippen molar-refractivity contribution in [3.63, 3.8) is 0 Å². The van der Waals surface area contributed by atoms with Crippen LogP contribution in [0.4, 0.5) is 0 Å². The zero-order valence-corrected chi connectivity index (χ0v) is 5.49. The van der Waals surface area contributed by atoms with Crippen LogP contribution < -0.4 is 5.32 Å². The van der Waals surface area contributed by atoms with Crippen molar-refractivity contribution in [3.8, 4) is 0 Å². The van der Waals surface area contributed by atoms with Gasteiger partial charge in [-0.25, -0.2) is 4.58 Å². The molecule has 1 fully saturated rings. The normalized spacial score (nSPS) is 20.9. The highest BCUT2D eigenvalue weighted by Gasteiger charge is 2.07. The smallest absolute Gasteiger partial charge is 0.232 e. The lowest BCUT2D eigenvalue weighted by atomic mass is 10.4. The third kappa shape index (κ3) is 1.46. The minimum absolute atomic E-state index is 1.05. The van der Waals surface area contributed by atoms with E-state index in [1.807, 2.05) is 0 Å². The highest BCUT2D eigenvalue weighted by Crippen LogP contribution is 1.80. The fraction of sp³-hybridized carbons (Fsp3) is 0.800. The summed E-state index contributed by atoms with van der Waals surface area (Å²) < 4.78 is 2.10. The van der Waals surface area contributed by atoms with Crippen molar-refractivity contribution in [2.45, 2.75) is 0 Å². The quantitative estimate of drug-likeness (QED) is 0.455. The van der Waals surface area contributed by atoms with Gasteiger partial charge in [-0.3, -0.25) is 0 Å². The van der Waals surface area contributed by atoms with Crippen LogP contribution in [0.1, 0.15) is 0 Å². The predicted molar refractivity (Wildman–Crippen MR) is 34.8 cm³/mol. The molecule has 0 aromatic rings. The molecule has 0 aromatic heterocycles. The molecular weight excluding hydrogens is 124 g/mol. The van der Waals surface area contributed by atoms with Gasteiger partial charge in [0.2, 0.25) is 5.67 Å². The minimum Gasteiger partial charge on any atom is -0.305 e. The summed E-state index contributed by atoms with van der Waals surface area (Å²) in [6.07, 6.45) is 0. The number of piperazine rings is 1. The Kier molecular flexibility index (Phi) is 2.30. The molecule has 0 atom stereocenters. The van der Waals surface area contributed by atoms with Gasteiger partial charge >= 0.3 is 0 Å². The number of rotatable bonds is 0. The first-order valence-electron chi connectivity index (χ1n) is 2.82. The predicted octanol–water partition coefficient (Wildman–Crippen LogP) is -0.131. The van der Waals surface area contributed by atoms with Gasteiger partial charge in [-0.1, -0.05) is 0 Å². The second-order valence-corrected chi connectivity index (χ2v) is 2.08. The first-order chi connectivity index (χ1) is 3.93. The van der Waals surface area contributed by atoms with Crippen molar-refractivity contribution >= 4 is 17.3 Å². The van der Waals surface area contributed by atoms with E-state index >= 15 is 0 Å². The molecule has 1 saturated heterocycles. The van der Waals surface area contributed by atoms with Crippen LogP contribution >= 0.6 is 11.6 Å². The van der Waals surface area contributed by atoms with Crippen molar-refractivity contribution in [2.75, 3.05) is 26.2 Å². The van der Waals surface area contributed by atoms with E-state index in [1.54, 1.807) is 5.67 Å². The van der Waals surface area contributed by atoms with Gasteiger partial charge in [-0.05, 0) is 11.6 Å². The second kappa shape index (κ2) is 3.05. The number of halogens is 1. The zero-order valence-electron chi connectivity index (χ0n) is 4.73. The van der Waals surface area contributed by atoms with Crippen LogP contribution in [-0.4, -0.2) is 36.4 Å². The minimum atomic E-state index is 1.05.